The monoisotopic (exact) mass is 428 g/mol. The van der Waals surface area contributed by atoms with Crippen molar-refractivity contribution in [2.45, 2.75) is 0 Å². The molecule has 7 heteroatoms. The van der Waals surface area contributed by atoms with Gasteiger partial charge in [-0.15, -0.1) is 0 Å². The third-order valence-corrected chi connectivity index (χ3v) is 4.09. The van der Waals surface area contributed by atoms with E-state index in [1.54, 1.807) is 30.3 Å². The lowest BCUT2D eigenvalue weighted by Crippen LogP contribution is -2.17. The highest BCUT2D eigenvalue weighted by Gasteiger charge is 2.12. The summed E-state index contributed by atoms with van der Waals surface area (Å²) in [5.74, 6) is -0.375. The van der Waals surface area contributed by atoms with Crippen molar-refractivity contribution in [3.8, 4) is 5.75 Å². The van der Waals surface area contributed by atoms with E-state index in [1.165, 1.54) is 6.07 Å². The first kappa shape index (κ1) is 15.9. The molecule has 0 fully saturated rings. The Morgan fingerprint density at radius 2 is 1.90 bits per heavy atom. The van der Waals surface area contributed by atoms with Gasteiger partial charge in [0.25, 0.3) is 5.91 Å². The van der Waals surface area contributed by atoms with Crippen molar-refractivity contribution in [3.63, 3.8) is 0 Å². The van der Waals surface area contributed by atoms with Crippen LogP contribution in [0.25, 0.3) is 0 Å². The second-order valence-electron chi connectivity index (χ2n) is 4.17. The first-order valence-electron chi connectivity index (χ1n) is 5.77. The van der Waals surface area contributed by atoms with Gasteiger partial charge in [-0.1, -0.05) is 28.1 Å². The van der Waals surface area contributed by atoms with Gasteiger partial charge in [0, 0.05) is 15.6 Å². The van der Waals surface area contributed by atoms with Gasteiger partial charge in [-0.25, -0.2) is 0 Å². The van der Waals surface area contributed by atoms with Crippen molar-refractivity contribution in [1.82, 2.24) is 0 Å². The number of carbonyl (C=O) groups excluding carboxylic acids is 1. The predicted molar refractivity (Wildman–Crippen MR) is 93.8 cm³/mol. The zero-order chi connectivity index (χ0) is 15.6. The number of aromatic hydroxyl groups is 1. The maximum absolute atomic E-state index is 12.2. The van der Waals surface area contributed by atoms with Gasteiger partial charge in [0.05, 0.1) is 10.2 Å². The van der Waals surface area contributed by atoms with E-state index < -0.39 is 0 Å². The zero-order valence-corrected chi connectivity index (χ0v) is 14.5. The Morgan fingerprint density at radius 3 is 2.52 bits per heavy atom. The van der Waals surface area contributed by atoms with E-state index in [0.29, 0.717) is 21.3 Å². The number of benzene rings is 2. The molecule has 1 amide bonds. The van der Waals surface area contributed by atoms with E-state index in [2.05, 4.69) is 37.2 Å². The number of hydrogen-bond acceptors (Lipinski definition) is 3. The van der Waals surface area contributed by atoms with Gasteiger partial charge in [0.1, 0.15) is 10.7 Å². The summed E-state index contributed by atoms with van der Waals surface area (Å²) in [7, 11) is 0. The van der Waals surface area contributed by atoms with Crippen LogP contribution < -0.4 is 11.1 Å². The molecule has 0 unspecified atom stereocenters. The Bertz CT molecular complexity index is 735. The Hall–Kier alpha value is -1.44. The van der Waals surface area contributed by atoms with Gasteiger partial charge in [-0.05, 0) is 52.3 Å². The number of phenolic OH excluding ortho intramolecular Hbond substituents is 1. The average molecular weight is 430 g/mol. The molecule has 0 heterocycles. The summed E-state index contributed by atoms with van der Waals surface area (Å²) in [6.45, 7) is 0. The minimum atomic E-state index is -0.367. The van der Waals surface area contributed by atoms with Crippen LogP contribution in [0, 0.1) is 0 Å². The summed E-state index contributed by atoms with van der Waals surface area (Å²) in [6.07, 6.45) is 0. The van der Waals surface area contributed by atoms with Crippen LogP contribution in [0.5, 0.6) is 5.75 Å². The van der Waals surface area contributed by atoms with Crippen LogP contribution in [0.1, 0.15) is 15.9 Å². The van der Waals surface area contributed by atoms with E-state index in [9.17, 15) is 9.90 Å². The number of anilines is 1. The average Bonchev–Trinajstić information content (AvgIpc) is 2.41. The highest BCUT2D eigenvalue weighted by molar-refractivity contribution is 9.10. The zero-order valence-electron chi connectivity index (χ0n) is 10.6. The summed E-state index contributed by atoms with van der Waals surface area (Å²) in [5.41, 5.74) is 7.04. The molecule has 2 aromatic carbocycles. The van der Waals surface area contributed by atoms with Crippen LogP contribution in [0.4, 0.5) is 5.69 Å². The van der Waals surface area contributed by atoms with Crippen LogP contribution in [0.15, 0.2) is 45.3 Å². The number of hydrogen-bond donors (Lipinski definition) is 3. The summed E-state index contributed by atoms with van der Waals surface area (Å²) >= 11 is 11.5. The largest absolute Gasteiger partial charge is 0.507 e. The lowest BCUT2D eigenvalue weighted by atomic mass is 10.1. The molecule has 0 spiro atoms. The molecule has 2 aromatic rings. The predicted octanol–water partition coefficient (Wildman–Crippen LogP) is 3.80. The fourth-order valence-corrected chi connectivity index (χ4v) is 2.47. The van der Waals surface area contributed by atoms with E-state index in [-0.39, 0.29) is 16.6 Å². The maximum atomic E-state index is 12.2. The van der Waals surface area contributed by atoms with E-state index in [0.717, 1.165) is 4.47 Å². The second kappa shape index (κ2) is 6.55. The molecule has 0 aliphatic carbocycles. The maximum Gasteiger partial charge on any atom is 0.255 e. The number of amides is 1. The van der Waals surface area contributed by atoms with Gasteiger partial charge in [-0.3, -0.25) is 4.79 Å². The smallest absolute Gasteiger partial charge is 0.255 e. The van der Waals surface area contributed by atoms with Gasteiger partial charge < -0.3 is 16.2 Å². The topological polar surface area (TPSA) is 75.3 Å². The number of nitrogens with two attached hydrogens (primary N) is 1. The molecule has 0 saturated heterocycles. The molecule has 0 aliphatic rings. The number of halogens is 2. The quantitative estimate of drug-likeness (QED) is 0.648. The number of phenols is 1. The molecule has 0 aromatic heterocycles. The highest BCUT2D eigenvalue weighted by Crippen LogP contribution is 2.26. The normalized spacial score (nSPS) is 10.2. The molecule has 0 atom stereocenters. The van der Waals surface area contributed by atoms with Crippen LogP contribution >= 0.6 is 44.1 Å². The number of carbonyl (C=O) groups is 1. The van der Waals surface area contributed by atoms with Crippen molar-refractivity contribution in [1.29, 1.82) is 0 Å². The van der Waals surface area contributed by atoms with Gasteiger partial charge in [-0.2, -0.15) is 0 Å². The number of nitrogens with one attached hydrogen (secondary N) is 1. The molecule has 0 saturated carbocycles. The fourth-order valence-electron chi connectivity index (χ4n) is 1.68. The SMILES string of the molecule is NC(=S)c1ccc(Br)cc1NC(=O)c1ccc(Br)c(O)c1. The summed E-state index contributed by atoms with van der Waals surface area (Å²) < 4.78 is 1.31. The Kier molecular flexibility index (Phi) is 4.97. The summed E-state index contributed by atoms with van der Waals surface area (Å²) in [4.78, 5) is 12.4. The third kappa shape index (κ3) is 3.81. The number of rotatable bonds is 3. The summed E-state index contributed by atoms with van der Waals surface area (Å²) in [5, 5.41) is 12.4. The summed E-state index contributed by atoms with van der Waals surface area (Å²) in [6, 6.07) is 9.79. The van der Waals surface area contributed by atoms with Crippen molar-refractivity contribution >= 4 is 60.7 Å². The third-order valence-electron chi connectivity index (χ3n) is 2.70. The molecule has 4 nitrogen and oxygen atoms in total. The first-order chi connectivity index (χ1) is 9.88. The van der Waals surface area contributed by atoms with Crippen molar-refractivity contribution in [2.75, 3.05) is 5.32 Å². The first-order valence-corrected chi connectivity index (χ1v) is 7.77. The Labute approximate surface area is 143 Å². The van der Waals surface area contributed by atoms with Crippen LogP contribution in [0.2, 0.25) is 0 Å². The molecular weight excluding hydrogens is 420 g/mol. The molecule has 4 N–H and O–H groups in total. The van der Waals surface area contributed by atoms with Gasteiger partial charge >= 0.3 is 0 Å². The molecule has 108 valence electrons. The molecule has 0 radical (unpaired) electrons. The van der Waals surface area contributed by atoms with Crippen LogP contribution in [0.3, 0.4) is 0 Å². The molecule has 0 aliphatic heterocycles. The van der Waals surface area contributed by atoms with Crippen molar-refractivity contribution in [2.24, 2.45) is 5.73 Å². The molecule has 0 bridgehead atoms. The van der Waals surface area contributed by atoms with Crippen LogP contribution in [-0.4, -0.2) is 16.0 Å². The lowest BCUT2D eigenvalue weighted by Gasteiger charge is -2.11. The molecular formula is C14H10Br2N2O2S. The number of thiocarbonyl (C=S) groups is 1. The van der Waals surface area contributed by atoms with Crippen molar-refractivity contribution < 1.29 is 9.90 Å². The van der Waals surface area contributed by atoms with Gasteiger partial charge in [0.2, 0.25) is 0 Å². The lowest BCUT2D eigenvalue weighted by molar-refractivity contribution is 0.102. The van der Waals surface area contributed by atoms with Crippen LogP contribution in [-0.2, 0) is 0 Å². The second-order valence-corrected chi connectivity index (χ2v) is 6.38. The van der Waals surface area contributed by atoms with E-state index in [4.69, 9.17) is 18.0 Å². The molecule has 2 rings (SSSR count). The Morgan fingerprint density at radius 1 is 1.19 bits per heavy atom. The minimum Gasteiger partial charge on any atom is -0.507 e. The Balaban J connectivity index is 2.33. The van der Waals surface area contributed by atoms with Gasteiger partial charge in [0.15, 0.2) is 0 Å². The fraction of sp³-hybridized carbons (Fsp3) is 0. The van der Waals surface area contributed by atoms with E-state index >= 15 is 0 Å². The highest BCUT2D eigenvalue weighted by atomic mass is 79.9. The standard InChI is InChI=1S/C14H10Br2N2O2S/c15-8-2-3-9(13(17)21)11(6-8)18-14(20)7-1-4-10(16)12(19)5-7/h1-6,19H,(H2,17,21)(H,18,20). The van der Waals surface area contributed by atoms with Crippen molar-refractivity contribution in [3.05, 3.63) is 56.5 Å². The minimum absolute atomic E-state index is 0.00791. The molecule has 21 heavy (non-hydrogen) atoms. The van der Waals surface area contributed by atoms with E-state index in [1.807, 2.05) is 0 Å².